The van der Waals surface area contributed by atoms with Gasteiger partial charge in [0.25, 0.3) is 0 Å². The summed E-state index contributed by atoms with van der Waals surface area (Å²) < 4.78 is 0. The Hall–Kier alpha value is -1.16. The van der Waals surface area contributed by atoms with E-state index in [1.165, 1.54) is 19.3 Å². The zero-order chi connectivity index (χ0) is 11.5. The number of aromatic nitrogens is 1. The Morgan fingerprint density at radius 1 is 1.56 bits per heavy atom. The third-order valence-corrected chi connectivity index (χ3v) is 3.33. The molecular formula is C12H17N3S. The highest BCUT2D eigenvalue weighted by Gasteiger charge is 2.21. The van der Waals surface area contributed by atoms with Gasteiger partial charge in [-0.05, 0) is 37.3 Å². The molecule has 1 heterocycles. The molecule has 1 aromatic rings. The van der Waals surface area contributed by atoms with Crippen molar-refractivity contribution in [3.05, 3.63) is 23.9 Å². The molecule has 2 rings (SSSR count). The first-order valence-electron chi connectivity index (χ1n) is 5.67. The number of hydrogen-bond acceptors (Lipinski definition) is 3. The van der Waals surface area contributed by atoms with Crippen molar-refractivity contribution in [3.8, 4) is 0 Å². The highest BCUT2D eigenvalue weighted by molar-refractivity contribution is 7.80. The van der Waals surface area contributed by atoms with Crippen LogP contribution in [-0.4, -0.2) is 16.0 Å². The average Bonchev–Trinajstić information content (AvgIpc) is 2.64. The molecule has 2 atom stereocenters. The Balaban J connectivity index is 2.04. The van der Waals surface area contributed by atoms with E-state index in [9.17, 15) is 0 Å². The van der Waals surface area contributed by atoms with Crippen molar-refractivity contribution in [2.24, 2.45) is 11.7 Å². The van der Waals surface area contributed by atoms with Gasteiger partial charge in [-0.25, -0.2) is 4.98 Å². The smallest absolute Gasteiger partial charge is 0.126 e. The lowest BCUT2D eigenvalue weighted by molar-refractivity contribution is 0.602. The lowest BCUT2D eigenvalue weighted by Gasteiger charge is -2.13. The first kappa shape index (κ1) is 11.3. The fourth-order valence-corrected chi connectivity index (χ4v) is 2.34. The number of hydrogen-bond donors (Lipinski definition) is 2. The summed E-state index contributed by atoms with van der Waals surface area (Å²) in [5.41, 5.74) is 6.46. The first-order valence-corrected chi connectivity index (χ1v) is 6.08. The van der Waals surface area contributed by atoms with E-state index in [1.54, 1.807) is 6.20 Å². The summed E-state index contributed by atoms with van der Waals surface area (Å²) in [6, 6.07) is 4.31. The Morgan fingerprint density at radius 2 is 2.38 bits per heavy atom. The van der Waals surface area contributed by atoms with E-state index in [4.69, 9.17) is 18.0 Å². The van der Waals surface area contributed by atoms with Gasteiger partial charge < -0.3 is 11.1 Å². The van der Waals surface area contributed by atoms with Gasteiger partial charge in [-0.15, -0.1) is 0 Å². The largest absolute Gasteiger partial charge is 0.389 e. The van der Waals surface area contributed by atoms with Crippen molar-refractivity contribution in [2.45, 2.75) is 32.2 Å². The summed E-state index contributed by atoms with van der Waals surface area (Å²) in [5, 5.41) is 3.44. The molecule has 0 amide bonds. The summed E-state index contributed by atoms with van der Waals surface area (Å²) in [5.74, 6) is 1.70. The van der Waals surface area contributed by atoms with Crippen molar-refractivity contribution in [1.82, 2.24) is 4.98 Å². The van der Waals surface area contributed by atoms with E-state index in [0.29, 0.717) is 11.0 Å². The van der Waals surface area contributed by atoms with Crippen LogP contribution in [0.15, 0.2) is 18.3 Å². The van der Waals surface area contributed by atoms with E-state index in [1.807, 2.05) is 12.1 Å². The molecule has 0 saturated heterocycles. The summed E-state index contributed by atoms with van der Waals surface area (Å²) in [4.78, 5) is 4.71. The standard InChI is InChI=1S/C12H17N3S/c1-8-2-3-10(6-8)15-11-7-9(12(13)16)4-5-14-11/h4-5,7-8,10H,2-3,6H2,1H3,(H2,13,16)(H,14,15). The number of thiocarbonyl (C=S) groups is 1. The van der Waals surface area contributed by atoms with Crippen molar-refractivity contribution in [2.75, 3.05) is 5.32 Å². The van der Waals surface area contributed by atoms with Crippen molar-refractivity contribution >= 4 is 23.0 Å². The second-order valence-electron chi connectivity index (χ2n) is 4.55. The van der Waals surface area contributed by atoms with E-state index in [0.717, 1.165) is 17.3 Å². The summed E-state index contributed by atoms with van der Waals surface area (Å²) >= 11 is 4.95. The lowest BCUT2D eigenvalue weighted by Crippen LogP contribution is -2.17. The van der Waals surface area contributed by atoms with Crippen LogP contribution in [0.3, 0.4) is 0 Å². The quantitative estimate of drug-likeness (QED) is 0.789. The number of pyridine rings is 1. The molecular weight excluding hydrogens is 218 g/mol. The molecule has 3 N–H and O–H groups in total. The molecule has 0 radical (unpaired) electrons. The fraction of sp³-hybridized carbons (Fsp3) is 0.500. The van der Waals surface area contributed by atoms with Gasteiger partial charge in [-0.3, -0.25) is 0 Å². The van der Waals surface area contributed by atoms with Gasteiger partial charge in [0.15, 0.2) is 0 Å². The van der Waals surface area contributed by atoms with Gasteiger partial charge in [0.05, 0.1) is 0 Å². The average molecular weight is 235 g/mol. The van der Waals surface area contributed by atoms with Crippen LogP contribution >= 0.6 is 12.2 Å². The second kappa shape index (κ2) is 4.78. The molecule has 1 saturated carbocycles. The van der Waals surface area contributed by atoms with Gasteiger partial charge in [-0.2, -0.15) is 0 Å². The fourth-order valence-electron chi connectivity index (χ4n) is 2.21. The molecule has 1 aliphatic rings. The SMILES string of the molecule is CC1CCC(Nc2cc(C(N)=S)ccn2)C1. The van der Waals surface area contributed by atoms with Crippen LogP contribution in [0.2, 0.25) is 0 Å². The normalized spacial score (nSPS) is 24.3. The lowest BCUT2D eigenvalue weighted by atomic mass is 10.1. The molecule has 1 aromatic heterocycles. The molecule has 86 valence electrons. The molecule has 1 aliphatic carbocycles. The van der Waals surface area contributed by atoms with Gasteiger partial charge in [-0.1, -0.05) is 19.1 Å². The highest BCUT2D eigenvalue weighted by atomic mass is 32.1. The Labute approximate surface area is 101 Å². The molecule has 1 fully saturated rings. The molecule has 2 unspecified atom stereocenters. The monoisotopic (exact) mass is 235 g/mol. The van der Waals surface area contributed by atoms with E-state index >= 15 is 0 Å². The van der Waals surface area contributed by atoms with Gasteiger partial charge in [0, 0.05) is 17.8 Å². The van der Waals surface area contributed by atoms with Crippen LogP contribution < -0.4 is 11.1 Å². The van der Waals surface area contributed by atoms with Crippen molar-refractivity contribution in [1.29, 1.82) is 0 Å². The number of nitrogens with two attached hydrogens (primary N) is 1. The van der Waals surface area contributed by atoms with Gasteiger partial charge >= 0.3 is 0 Å². The Kier molecular flexibility index (Phi) is 3.39. The van der Waals surface area contributed by atoms with Crippen LogP contribution in [0.5, 0.6) is 0 Å². The van der Waals surface area contributed by atoms with Crippen LogP contribution in [-0.2, 0) is 0 Å². The maximum Gasteiger partial charge on any atom is 0.126 e. The second-order valence-corrected chi connectivity index (χ2v) is 4.99. The van der Waals surface area contributed by atoms with Crippen LogP contribution in [0.4, 0.5) is 5.82 Å². The molecule has 16 heavy (non-hydrogen) atoms. The summed E-state index contributed by atoms with van der Waals surface area (Å²) in [7, 11) is 0. The van der Waals surface area contributed by atoms with E-state index < -0.39 is 0 Å². The summed E-state index contributed by atoms with van der Waals surface area (Å²) in [6.07, 6.45) is 5.49. The van der Waals surface area contributed by atoms with E-state index in [-0.39, 0.29) is 0 Å². The Morgan fingerprint density at radius 3 is 3.00 bits per heavy atom. The maximum atomic E-state index is 5.59. The third kappa shape index (κ3) is 2.70. The predicted molar refractivity (Wildman–Crippen MR) is 70.6 cm³/mol. The first-order chi connectivity index (χ1) is 7.65. The van der Waals surface area contributed by atoms with Crippen LogP contribution in [0.25, 0.3) is 0 Å². The molecule has 0 bridgehead atoms. The van der Waals surface area contributed by atoms with Crippen LogP contribution in [0.1, 0.15) is 31.7 Å². The minimum Gasteiger partial charge on any atom is -0.389 e. The number of anilines is 1. The summed E-state index contributed by atoms with van der Waals surface area (Å²) in [6.45, 7) is 2.29. The minimum absolute atomic E-state index is 0.422. The number of nitrogens with one attached hydrogen (secondary N) is 1. The zero-order valence-corrected chi connectivity index (χ0v) is 10.3. The van der Waals surface area contributed by atoms with Crippen LogP contribution in [0, 0.1) is 5.92 Å². The maximum absolute atomic E-state index is 5.59. The highest BCUT2D eigenvalue weighted by Crippen LogP contribution is 2.27. The number of nitrogens with zero attached hydrogens (tertiary/aromatic N) is 1. The number of rotatable bonds is 3. The van der Waals surface area contributed by atoms with Gasteiger partial charge in [0.1, 0.15) is 10.8 Å². The molecule has 0 aromatic carbocycles. The molecule has 4 heteroatoms. The predicted octanol–water partition coefficient (Wildman–Crippen LogP) is 2.32. The van der Waals surface area contributed by atoms with Crippen molar-refractivity contribution in [3.63, 3.8) is 0 Å². The van der Waals surface area contributed by atoms with Gasteiger partial charge in [0.2, 0.25) is 0 Å². The molecule has 0 aliphatic heterocycles. The molecule has 3 nitrogen and oxygen atoms in total. The minimum atomic E-state index is 0.422. The molecule has 0 spiro atoms. The topological polar surface area (TPSA) is 50.9 Å². The van der Waals surface area contributed by atoms with Crippen molar-refractivity contribution < 1.29 is 0 Å². The Bertz CT molecular complexity index is 392. The third-order valence-electron chi connectivity index (χ3n) is 3.09. The van der Waals surface area contributed by atoms with E-state index in [2.05, 4.69) is 17.2 Å². The zero-order valence-electron chi connectivity index (χ0n) is 9.44.